The molecule has 112 valence electrons. The van der Waals surface area contributed by atoms with Gasteiger partial charge in [-0.15, -0.1) is 0 Å². The van der Waals surface area contributed by atoms with Gasteiger partial charge in [-0.3, -0.25) is 0 Å². The number of anilines is 1. The minimum absolute atomic E-state index is 0.567. The number of aromatic nitrogens is 2. The number of rotatable bonds is 4. The second-order valence-corrected chi connectivity index (χ2v) is 5.39. The van der Waals surface area contributed by atoms with Crippen molar-refractivity contribution in [2.24, 2.45) is 0 Å². The number of halogens is 1. The number of nitrogens with one attached hydrogen (secondary N) is 1. The van der Waals surface area contributed by atoms with Crippen molar-refractivity contribution < 1.29 is 4.74 Å². The first-order valence-electron chi connectivity index (χ1n) is 6.97. The van der Waals surface area contributed by atoms with Crippen molar-refractivity contribution in [3.05, 3.63) is 58.7 Å². The molecule has 0 saturated carbocycles. The molecule has 2 aromatic carbocycles. The molecule has 0 aliphatic heterocycles. The monoisotopic (exact) mass is 313 g/mol. The summed E-state index contributed by atoms with van der Waals surface area (Å²) in [6.45, 7) is 2.51. The highest BCUT2D eigenvalue weighted by atomic mass is 35.5. The standard InChI is InChI=1S/C17H16ClN3O/c1-11-17(21-15-6-4-3-5-14(15)20-11)19-10-12-9-13(18)7-8-16(12)22-2/h3-9H,10H2,1-2H3,(H,19,21). The van der Waals surface area contributed by atoms with Crippen LogP contribution in [0.2, 0.25) is 5.02 Å². The first kappa shape index (κ1) is 14.6. The molecule has 3 aromatic rings. The molecule has 1 heterocycles. The zero-order valence-corrected chi connectivity index (χ0v) is 13.2. The minimum atomic E-state index is 0.567. The fraction of sp³-hybridized carbons (Fsp3) is 0.176. The lowest BCUT2D eigenvalue weighted by Crippen LogP contribution is -2.06. The van der Waals surface area contributed by atoms with E-state index < -0.39 is 0 Å². The normalized spacial score (nSPS) is 10.7. The summed E-state index contributed by atoms with van der Waals surface area (Å²) in [4.78, 5) is 9.19. The van der Waals surface area contributed by atoms with E-state index in [1.54, 1.807) is 7.11 Å². The topological polar surface area (TPSA) is 47.0 Å². The van der Waals surface area contributed by atoms with Gasteiger partial charge >= 0.3 is 0 Å². The van der Waals surface area contributed by atoms with Crippen LogP contribution in [0, 0.1) is 6.92 Å². The maximum atomic E-state index is 6.05. The summed E-state index contributed by atoms with van der Waals surface area (Å²) in [5.74, 6) is 1.56. The summed E-state index contributed by atoms with van der Waals surface area (Å²) < 4.78 is 5.35. The van der Waals surface area contributed by atoms with Crippen LogP contribution >= 0.6 is 11.6 Å². The summed E-state index contributed by atoms with van der Waals surface area (Å²) >= 11 is 6.05. The fourth-order valence-electron chi connectivity index (χ4n) is 2.32. The van der Waals surface area contributed by atoms with E-state index in [2.05, 4.69) is 15.3 Å². The van der Waals surface area contributed by atoms with Gasteiger partial charge in [-0.05, 0) is 37.3 Å². The van der Waals surface area contributed by atoms with Gasteiger partial charge in [-0.25, -0.2) is 9.97 Å². The van der Waals surface area contributed by atoms with Gasteiger partial charge < -0.3 is 10.1 Å². The van der Waals surface area contributed by atoms with E-state index in [4.69, 9.17) is 16.3 Å². The van der Waals surface area contributed by atoms with E-state index in [1.807, 2.05) is 49.4 Å². The highest BCUT2D eigenvalue weighted by Gasteiger charge is 2.07. The van der Waals surface area contributed by atoms with Crippen molar-refractivity contribution in [2.75, 3.05) is 12.4 Å². The molecule has 1 aromatic heterocycles. The third-order valence-corrected chi connectivity index (χ3v) is 3.67. The molecule has 3 rings (SSSR count). The average molecular weight is 314 g/mol. The predicted molar refractivity (Wildman–Crippen MR) is 89.6 cm³/mol. The Morgan fingerprint density at radius 1 is 1.09 bits per heavy atom. The number of nitrogens with zero attached hydrogens (tertiary/aromatic N) is 2. The number of ether oxygens (including phenoxy) is 1. The van der Waals surface area contributed by atoms with Gasteiger partial charge in [0.1, 0.15) is 11.6 Å². The quantitative estimate of drug-likeness (QED) is 0.783. The molecular formula is C17H16ClN3O. The van der Waals surface area contributed by atoms with Crippen molar-refractivity contribution in [3.63, 3.8) is 0 Å². The van der Waals surface area contributed by atoms with Crippen LogP contribution < -0.4 is 10.1 Å². The fourth-order valence-corrected chi connectivity index (χ4v) is 2.51. The first-order valence-corrected chi connectivity index (χ1v) is 7.35. The maximum Gasteiger partial charge on any atom is 0.148 e. The molecule has 0 saturated heterocycles. The SMILES string of the molecule is COc1ccc(Cl)cc1CNc1nc2ccccc2nc1C. The van der Waals surface area contributed by atoms with E-state index in [1.165, 1.54) is 0 Å². The number of fused-ring (bicyclic) bond motifs is 1. The largest absolute Gasteiger partial charge is 0.496 e. The molecule has 0 fully saturated rings. The lowest BCUT2D eigenvalue weighted by Gasteiger charge is -2.12. The van der Waals surface area contributed by atoms with Gasteiger partial charge in [0.05, 0.1) is 23.8 Å². The minimum Gasteiger partial charge on any atom is -0.496 e. The Morgan fingerprint density at radius 3 is 2.55 bits per heavy atom. The zero-order valence-electron chi connectivity index (χ0n) is 12.4. The van der Waals surface area contributed by atoms with Crippen molar-refractivity contribution in [3.8, 4) is 5.75 Å². The molecule has 22 heavy (non-hydrogen) atoms. The first-order chi connectivity index (χ1) is 10.7. The number of methoxy groups -OCH3 is 1. The lowest BCUT2D eigenvalue weighted by atomic mass is 10.2. The number of hydrogen-bond donors (Lipinski definition) is 1. The van der Waals surface area contributed by atoms with Crippen LogP contribution in [0.15, 0.2) is 42.5 Å². The molecule has 0 radical (unpaired) electrons. The molecule has 5 heteroatoms. The van der Waals surface area contributed by atoms with Crippen LogP contribution in [-0.4, -0.2) is 17.1 Å². The second-order valence-electron chi connectivity index (χ2n) is 4.96. The molecule has 0 bridgehead atoms. The third-order valence-electron chi connectivity index (χ3n) is 3.43. The van der Waals surface area contributed by atoms with Crippen LogP contribution in [0.5, 0.6) is 5.75 Å². The molecule has 4 nitrogen and oxygen atoms in total. The molecule has 0 atom stereocenters. The molecule has 0 aliphatic rings. The van der Waals surface area contributed by atoms with Crippen LogP contribution in [0.4, 0.5) is 5.82 Å². The van der Waals surface area contributed by atoms with Crippen molar-refractivity contribution >= 4 is 28.5 Å². The molecule has 0 spiro atoms. The van der Waals surface area contributed by atoms with E-state index in [0.29, 0.717) is 11.6 Å². The highest BCUT2D eigenvalue weighted by molar-refractivity contribution is 6.30. The van der Waals surface area contributed by atoms with Crippen molar-refractivity contribution in [1.29, 1.82) is 0 Å². The Hall–Kier alpha value is -2.33. The smallest absolute Gasteiger partial charge is 0.148 e. The number of benzene rings is 2. The number of para-hydroxylation sites is 2. The summed E-state index contributed by atoms with van der Waals surface area (Å²) in [5.41, 5.74) is 3.60. The van der Waals surface area contributed by atoms with Gasteiger partial charge in [0.25, 0.3) is 0 Å². The molecule has 1 N–H and O–H groups in total. The summed E-state index contributed by atoms with van der Waals surface area (Å²) in [6, 6.07) is 13.4. The van der Waals surface area contributed by atoms with Crippen LogP contribution in [-0.2, 0) is 6.54 Å². The summed E-state index contributed by atoms with van der Waals surface area (Å²) in [6.07, 6.45) is 0. The Bertz CT molecular complexity index is 820. The average Bonchev–Trinajstić information content (AvgIpc) is 2.53. The summed E-state index contributed by atoms with van der Waals surface area (Å²) in [7, 11) is 1.65. The van der Waals surface area contributed by atoms with Gasteiger partial charge in [-0.2, -0.15) is 0 Å². The second kappa shape index (κ2) is 6.20. The molecule has 0 aliphatic carbocycles. The van der Waals surface area contributed by atoms with E-state index in [0.717, 1.165) is 33.9 Å². The Balaban J connectivity index is 1.88. The van der Waals surface area contributed by atoms with Crippen LogP contribution in [0.25, 0.3) is 11.0 Å². The van der Waals surface area contributed by atoms with Crippen molar-refractivity contribution in [1.82, 2.24) is 9.97 Å². The maximum absolute atomic E-state index is 6.05. The lowest BCUT2D eigenvalue weighted by molar-refractivity contribution is 0.410. The van der Waals surface area contributed by atoms with Crippen LogP contribution in [0.1, 0.15) is 11.3 Å². The highest BCUT2D eigenvalue weighted by Crippen LogP contribution is 2.24. The Morgan fingerprint density at radius 2 is 1.82 bits per heavy atom. The molecule has 0 amide bonds. The van der Waals surface area contributed by atoms with Gasteiger partial charge in [0.2, 0.25) is 0 Å². The van der Waals surface area contributed by atoms with Gasteiger partial charge in [-0.1, -0.05) is 23.7 Å². The number of aryl methyl sites for hydroxylation is 1. The van der Waals surface area contributed by atoms with E-state index in [9.17, 15) is 0 Å². The number of hydrogen-bond acceptors (Lipinski definition) is 4. The van der Waals surface area contributed by atoms with Gasteiger partial charge in [0.15, 0.2) is 0 Å². The molecular weight excluding hydrogens is 298 g/mol. The summed E-state index contributed by atoms with van der Waals surface area (Å²) in [5, 5.41) is 3.99. The van der Waals surface area contributed by atoms with Gasteiger partial charge in [0, 0.05) is 17.1 Å². The third kappa shape index (κ3) is 2.97. The Labute approximate surface area is 134 Å². The zero-order chi connectivity index (χ0) is 15.5. The van der Waals surface area contributed by atoms with Crippen LogP contribution in [0.3, 0.4) is 0 Å². The Kier molecular flexibility index (Phi) is 4.11. The molecule has 0 unspecified atom stereocenters. The predicted octanol–water partition coefficient (Wildman–Crippen LogP) is 4.21. The van der Waals surface area contributed by atoms with E-state index >= 15 is 0 Å². The van der Waals surface area contributed by atoms with E-state index in [-0.39, 0.29) is 0 Å². The van der Waals surface area contributed by atoms with Crippen molar-refractivity contribution in [2.45, 2.75) is 13.5 Å².